The van der Waals surface area contributed by atoms with Gasteiger partial charge in [-0.25, -0.2) is 0 Å². The fraction of sp³-hybridized carbons (Fsp3) is 0.667. The third-order valence-corrected chi connectivity index (χ3v) is 3.29. The average Bonchev–Trinajstić information content (AvgIpc) is 2.82. The lowest BCUT2D eigenvalue weighted by Gasteiger charge is -2.21. The van der Waals surface area contributed by atoms with Crippen molar-refractivity contribution in [2.75, 3.05) is 39.3 Å². The molecule has 1 aliphatic heterocycles. The molecule has 18 heavy (non-hydrogen) atoms. The third-order valence-electron chi connectivity index (χ3n) is 3.29. The number of aromatic amines is 1. The number of amides is 1. The van der Waals surface area contributed by atoms with E-state index in [0.29, 0.717) is 5.69 Å². The van der Waals surface area contributed by atoms with E-state index in [1.54, 1.807) is 12.3 Å². The summed E-state index contributed by atoms with van der Waals surface area (Å²) in [5.74, 6) is 0.0492. The summed E-state index contributed by atoms with van der Waals surface area (Å²) >= 11 is 0. The molecule has 1 amide bonds. The van der Waals surface area contributed by atoms with E-state index in [1.165, 1.54) is 0 Å². The number of H-pyrrole nitrogens is 1. The number of aromatic nitrogens is 2. The Labute approximate surface area is 107 Å². The van der Waals surface area contributed by atoms with Gasteiger partial charge >= 0.3 is 0 Å². The topological polar surface area (TPSA) is 78.2 Å². The maximum absolute atomic E-state index is 12.2. The molecule has 1 aliphatic rings. The minimum Gasteiger partial charge on any atom is -0.336 e. The van der Waals surface area contributed by atoms with Gasteiger partial charge in [0.25, 0.3) is 5.91 Å². The minimum atomic E-state index is 0.0492. The molecule has 1 saturated heterocycles. The van der Waals surface area contributed by atoms with Crippen LogP contribution < -0.4 is 5.73 Å². The van der Waals surface area contributed by atoms with E-state index in [4.69, 9.17) is 5.73 Å². The normalized spacial score (nSPS) is 17.7. The molecule has 3 N–H and O–H groups in total. The van der Waals surface area contributed by atoms with E-state index in [0.717, 1.165) is 52.1 Å². The molecule has 0 atom stereocenters. The van der Waals surface area contributed by atoms with Crippen LogP contribution in [0.5, 0.6) is 0 Å². The van der Waals surface area contributed by atoms with E-state index < -0.39 is 0 Å². The zero-order valence-corrected chi connectivity index (χ0v) is 10.6. The predicted molar refractivity (Wildman–Crippen MR) is 69.2 cm³/mol. The Morgan fingerprint density at radius 2 is 2.28 bits per heavy atom. The second-order valence-corrected chi connectivity index (χ2v) is 4.60. The second-order valence-electron chi connectivity index (χ2n) is 4.60. The molecule has 0 unspecified atom stereocenters. The van der Waals surface area contributed by atoms with E-state index >= 15 is 0 Å². The highest BCUT2D eigenvalue weighted by atomic mass is 16.2. The number of rotatable bonds is 4. The summed E-state index contributed by atoms with van der Waals surface area (Å²) in [6.07, 6.45) is 3.65. The molecule has 1 aromatic heterocycles. The van der Waals surface area contributed by atoms with Crippen molar-refractivity contribution in [3.05, 3.63) is 18.0 Å². The Kier molecular flexibility index (Phi) is 4.72. The SMILES string of the molecule is NCCCN1CCCN(C(=O)c2ccn[nH]2)CC1. The number of nitrogens with zero attached hydrogens (tertiary/aromatic N) is 3. The highest BCUT2D eigenvalue weighted by Crippen LogP contribution is 2.07. The van der Waals surface area contributed by atoms with E-state index in [9.17, 15) is 4.79 Å². The van der Waals surface area contributed by atoms with E-state index in [1.807, 2.05) is 4.90 Å². The average molecular weight is 251 g/mol. The summed E-state index contributed by atoms with van der Waals surface area (Å²) in [5, 5.41) is 6.55. The Morgan fingerprint density at radius 1 is 1.39 bits per heavy atom. The first-order chi connectivity index (χ1) is 8.81. The molecule has 1 aromatic rings. The van der Waals surface area contributed by atoms with Crippen LogP contribution in [0.2, 0.25) is 0 Å². The molecule has 1 fully saturated rings. The van der Waals surface area contributed by atoms with Gasteiger partial charge < -0.3 is 15.5 Å². The standard InChI is InChI=1S/C12H21N5O/c13-4-1-6-16-7-2-8-17(10-9-16)12(18)11-3-5-14-15-11/h3,5H,1-2,4,6-10,13H2,(H,14,15). The van der Waals surface area contributed by atoms with Crippen molar-refractivity contribution in [2.24, 2.45) is 5.73 Å². The lowest BCUT2D eigenvalue weighted by atomic mass is 10.3. The van der Waals surface area contributed by atoms with Crippen molar-refractivity contribution >= 4 is 5.91 Å². The van der Waals surface area contributed by atoms with Crippen LogP contribution in [0.25, 0.3) is 0 Å². The first-order valence-electron chi connectivity index (χ1n) is 6.52. The van der Waals surface area contributed by atoms with Crippen molar-refractivity contribution in [1.29, 1.82) is 0 Å². The molecule has 0 spiro atoms. The summed E-state index contributed by atoms with van der Waals surface area (Å²) < 4.78 is 0. The zero-order valence-electron chi connectivity index (χ0n) is 10.6. The number of carbonyl (C=O) groups excluding carboxylic acids is 1. The van der Waals surface area contributed by atoms with E-state index in [2.05, 4.69) is 15.1 Å². The van der Waals surface area contributed by atoms with Crippen LogP contribution in [0.1, 0.15) is 23.3 Å². The largest absolute Gasteiger partial charge is 0.336 e. The molecule has 0 saturated carbocycles. The van der Waals surface area contributed by atoms with Gasteiger partial charge in [0.15, 0.2) is 0 Å². The smallest absolute Gasteiger partial charge is 0.271 e. The first-order valence-corrected chi connectivity index (χ1v) is 6.52. The monoisotopic (exact) mass is 251 g/mol. The zero-order chi connectivity index (χ0) is 12.8. The molecule has 0 bridgehead atoms. The van der Waals surface area contributed by atoms with Gasteiger partial charge in [-0.2, -0.15) is 5.10 Å². The van der Waals surface area contributed by atoms with Gasteiger partial charge in [-0.05, 0) is 38.5 Å². The predicted octanol–water partition coefficient (Wildman–Crippen LogP) is -0.0936. The molecule has 100 valence electrons. The summed E-state index contributed by atoms with van der Waals surface area (Å²) in [7, 11) is 0. The maximum atomic E-state index is 12.2. The van der Waals surface area contributed by atoms with Gasteiger partial charge in [-0.3, -0.25) is 9.89 Å². The Bertz CT molecular complexity index is 365. The molecule has 2 heterocycles. The van der Waals surface area contributed by atoms with Crippen molar-refractivity contribution in [3.8, 4) is 0 Å². The van der Waals surface area contributed by atoms with Crippen LogP contribution >= 0.6 is 0 Å². The van der Waals surface area contributed by atoms with Gasteiger partial charge in [0.1, 0.15) is 5.69 Å². The summed E-state index contributed by atoms with van der Waals surface area (Å²) in [4.78, 5) is 16.4. The van der Waals surface area contributed by atoms with Crippen molar-refractivity contribution in [1.82, 2.24) is 20.0 Å². The number of hydrogen-bond donors (Lipinski definition) is 2. The molecular formula is C12H21N5O. The van der Waals surface area contributed by atoms with Crippen molar-refractivity contribution < 1.29 is 4.79 Å². The lowest BCUT2D eigenvalue weighted by molar-refractivity contribution is 0.0755. The number of hydrogen-bond acceptors (Lipinski definition) is 4. The van der Waals surface area contributed by atoms with E-state index in [-0.39, 0.29) is 5.91 Å². The fourth-order valence-corrected chi connectivity index (χ4v) is 2.26. The minimum absolute atomic E-state index is 0.0492. The highest BCUT2D eigenvalue weighted by molar-refractivity contribution is 5.92. The number of nitrogens with two attached hydrogens (primary N) is 1. The summed E-state index contributed by atoms with van der Waals surface area (Å²) in [6, 6.07) is 1.72. The molecule has 2 rings (SSSR count). The Morgan fingerprint density at radius 3 is 3.00 bits per heavy atom. The van der Waals surface area contributed by atoms with Crippen LogP contribution in [0, 0.1) is 0 Å². The van der Waals surface area contributed by atoms with Crippen molar-refractivity contribution in [2.45, 2.75) is 12.8 Å². The van der Waals surface area contributed by atoms with Crippen LogP contribution in [0.3, 0.4) is 0 Å². The van der Waals surface area contributed by atoms with Crippen LogP contribution in [-0.4, -0.2) is 65.2 Å². The second kappa shape index (κ2) is 6.51. The molecule has 0 radical (unpaired) electrons. The van der Waals surface area contributed by atoms with Gasteiger partial charge in [0.05, 0.1) is 0 Å². The Balaban J connectivity index is 1.87. The molecule has 0 aromatic carbocycles. The van der Waals surface area contributed by atoms with Gasteiger partial charge in [-0.15, -0.1) is 0 Å². The molecule has 0 aliphatic carbocycles. The summed E-state index contributed by atoms with van der Waals surface area (Å²) in [5.41, 5.74) is 6.10. The molecule has 6 nitrogen and oxygen atoms in total. The molecule has 6 heteroatoms. The van der Waals surface area contributed by atoms with Crippen LogP contribution in [-0.2, 0) is 0 Å². The number of nitrogens with one attached hydrogen (secondary N) is 1. The van der Waals surface area contributed by atoms with Gasteiger partial charge in [-0.1, -0.05) is 0 Å². The van der Waals surface area contributed by atoms with Gasteiger partial charge in [0, 0.05) is 25.8 Å². The maximum Gasteiger partial charge on any atom is 0.271 e. The molecular weight excluding hydrogens is 230 g/mol. The van der Waals surface area contributed by atoms with Crippen LogP contribution in [0.15, 0.2) is 12.3 Å². The Hall–Kier alpha value is -1.40. The quantitative estimate of drug-likeness (QED) is 0.783. The van der Waals surface area contributed by atoms with Crippen molar-refractivity contribution in [3.63, 3.8) is 0 Å². The van der Waals surface area contributed by atoms with Gasteiger partial charge in [0.2, 0.25) is 0 Å². The fourth-order valence-electron chi connectivity index (χ4n) is 2.26. The summed E-state index contributed by atoms with van der Waals surface area (Å²) in [6.45, 7) is 5.34. The highest BCUT2D eigenvalue weighted by Gasteiger charge is 2.20. The first kappa shape index (κ1) is 13.0. The van der Waals surface area contributed by atoms with Crippen LogP contribution in [0.4, 0.5) is 0 Å². The third kappa shape index (κ3) is 3.30. The number of carbonyl (C=O) groups is 1. The lowest BCUT2D eigenvalue weighted by Crippen LogP contribution is -2.35.